The number of nitrogens with zero attached hydrogens (tertiary/aromatic N) is 2. The summed E-state index contributed by atoms with van der Waals surface area (Å²) >= 11 is 0. The molecule has 0 fully saturated rings. The Labute approximate surface area is 145 Å². The Balaban J connectivity index is 2.00. The first-order valence-corrected chi connectivity index (χ1v) is 7.68. The number of methoxy groups -OCH3 is 1. The van der Waals surface area contributed by atoms with Crippen LogP contribution in [0, 0.1) is 11.3 Å². The molecule has 2 N–H and O–H groups in total. The minimum atomic E-state index is -0.432. The van der Waals surface area contributed by atoms with Crippen molar-refractivity contribution in [2.24, 2.45) is 0 Å². The maximum Gasteiger partial charge on any atom is 0.274 e. The zero-order chi connectivity index (χ0) is 18.1. The molecule has 1 heterocycles. The first kappa shape index (κ1) is 18.1. The van der Waals surface area contributed by atoms with E-state index in [1.807, 2.05) is 6.07 Å². The number of carbonyl (C=O) groups is 2. The Morgan fingerprint density at radius 3 is 2.64 bits per heavy atom. The van der Waals surface area contributed by atoms with Crippen molar-refractivity contribution in [3.05, 3.63) is 59.4 Å². The summed E-state index contributed by atoms with van der Waals surface area (Å²) in [6.45, 7) is 1.05. The highest BCUT2D eigenvalue weighted by atomic mass is 16.5. The number of rotatable bonds is 7. The molecule has 0 radical (unpaired) electrons. The minimum absolute atomic E-state index is 0.133. The number of pyridine rings is 1. The van der Waals surface area contributed by atoms with Crippen LogP contribution >= 0.6 is 0 Å². The summed E-state index contributed by atoms with van der Waals surface area (Å²) in [5.74, 6) is -0.704. The first-order chi connectivity index (χ1) is 12.1. The van der Waals surface area contributed by atoms with Crippen LogP contribution in [0.4, 0.5) is 5.69 Å². The van der Waals surface area contributed by atoms with Crippen LogP contribution < -0.4 is 10.6 Å². The second-order valence-corrected chi connectivity index (χ2v) is 5.18. The van der Waals surface area contributed by atoms with E-state index in [9.17, 15) is 9.59 Å². The van der Waals surface area contributed by atoms with Gasteiger partial charge in [0, 0.05) is 37.7 Å². The molecule has 0 unspecified atom stereocenters. The van der Waals surface area contributed by atoms with E-state index in [1.54, 1.807) is 37.4 Å². The predicted octanol–water partition coefficient (Wildman–Crippen LogP) is 1.97. The van der Waals surface area contributed by atoms with Crippen LogP contribution in [0.5, 0.6) is 0 Å². The highest BCUT2D eigenvalue weighted by Gasteiger charge is 2.12. The van der Waals surface area contributed by atoms with E-state index in [1.165, 1.54) is 12.3 Å². The smallest absolute Gasteiger partial charge is 0.274 e. The Kier molecular flexibility index (Phi) is 6.63. The van der Waals surface area contributed by atoms with Gasteiger partial charge in [-0.2, -0.15) is 5.26 Å². The van der Waals surface area contributed by atoms with Gasteiger partial charge in [-0.05, 0) is 42.8 Å². The number of aromatic nitrogens is 1. The third-order valence-corrected chi connectivity index (χ3v) is 3.34. The van der Waals surface area contributed by atoms with Crippen LogP contribution in [0.1, 0.15) is 32.8 Å². The van der Waals surface area contributed by atoms with Gasteiger partial charge < -0.3 is 15.4 Å². The molecule has 0 bridgehead atoms. The average molecular weight is 338 g/mol. The molecular formula is C18H18N4O3. The Hall–Kier alpha value is -3.24. The third kappa shape index (κ3) is 5.41. The van der Waals surface area contributed by atoms with E-state index in [0.29, 0.717) is 36.4 Å². The lowest BCUT2D eigenvalue weighted by Gasteiger charge is -2.07. The molecule has 128 valence electrons. The molecule has 2 amide bonds. The molecule has 1 aromatic heterocycles. The molecule has 0 aliphatic rings. The molecule has 0 aliphatic carbocycles. The zero-order valence-corrected chi connectivity index (χ0v) is 13.8. The summed E-state index contributed by atoms with van der Waals surface area (Å²) in [7, 11) is 1.60. The number of amides is 2. The highest BCUT2D eigenvalue weighted by Crippen LogP contribution is 2.11. The number of carbonyl (C=O) groups excluding carboxylic acids is 2. The van der Waals surface area contributed by atoms with Crippen LogP contribution in [0.3, 0.4) is 0 Å². The SMILES string of the molecule is COCCCNC(=O)c1ccnc(C(=O)Nc2ccc(C#N)cc2)c1. The highest BCUT2D eigenvalue weighted by molar-refractivity contribution is 6.04. The van der Waals surface area contributed by atoms with Crippen LogP contribution in [0.2, 0.25) is 0 Å². The van der Waals surface area contributed by atoms with E-state index in [-0.39, 0.29) is 11.6 Å². The molecule has 0 spiro atoms. The fourth-order valence-corrected chi connectivity index (χ4v) is 2.04. The van der Waals surface area contributed by atoms with Crippen LogP contribution in [0.15, 0.2) is 42.6 Å². The molecule has 7 heteroatoms. The molecule has 7 nitrogen and oxygen atoms in total. The molecular weight excluding hydrogens is 320 g/mol. The third-order valence-electron chi connectivity index (χ3n) is 3.34. The molecule has 1 aromatic carbocycles. The summed E-state index contributed by atoms with van der Waals surface area (Å²) in [5.41, 5.74) is 1.54. The topological polar surface area (TPSA) is 104 Å². The summed E-state index contributed by atoms with van der Waals surface area (Å²) in [4.78, 5) is 28.3. The van der Waals surface area contributed by atoms with Crippen LogP contribution in [-0.4, -0.2) is 37.1 Å². The van der Waals surface area contributed by atoms with Gasteiger partial charge in [-0.3, -0.25) is 14.6 Å². The Bertz CT molecular complexity index is 782. The van der Waals surface area contributed by atoms with Crippen molar-refractivity contribution >= 4 is 17.5 Å². The predicted molar refractivity (Wildman–Crippen MR) is 92.2 cm³/mol. The maximum atomic E-state index is 12.3. The average Bonchev–Trinajstić information content (AvgIpc) is 2.65. The van der Waals surface area contributed by atoms with Crippen molar-refractivity contribution in [1.29, 1.82) is 5.26 Å². The summed E-state index contributed by atoms with van der Waals surface area (Å²) in [5, 5.41) is 14.2. The number of ether oxygens (including phenoxy) is 1. The monoisotopic (exact) mass is 338 g/mol. The number of anilines is 1. The largest absolute Gasteiger partial charge is 0.385 e. The number of benzene rings is 1. The van der Waals surface area contributed by atoms with Gasteiger partial charge in [-0.25, -0.2) is 0 Å². The van der Waals surface area contributed by atoms with Gasteiger partial charge in [0.2, 0.25) is 0 Å². The van der Waals surface area contributed by atoms with Gasteiger partial charge in [0.05, 0.1) is 11.6 Å². The van der Waals surface area contributed by atoms with Gasteiger partial charge in [0.15, 0.2) is 0 Å². The Morgan fingerprint density at radius 2 is 1.96 bits per heavy atom. The second kappa shape index (κ2) is 9.15. The molecule has 0 atom stereocenters. The van der Waals surface area contributed by atoms with Gasteiger partial charge in [-0.15, -0.1) is 0 Å². The fraction of sp³-hybridized carbons (Fsp3) is 0.222. The lowest BCUT2D eigenvalue weighted by Crippen LogP contribution is -2.25. The van der Waals surface area contributed by atoms with E-state index in [4.69, 9.17) is 10.00 Å². The van der Waals surface area contributed by atoms with E-state index in [2.05, 4.69) is 15.6 Å². The molecule has 2 rings (SSSR count). The van der Waals surface area contributed by atoms with Gasteiger partial charge in [0.25, 0.3) is 11.8 Å². The number of nitrogens with one attached hydrogen (secondary N) is 2. The van der Waals surface area contributed by atoms with E-state index < -0.39 is 5.91 Å². The summed E-state index contributed by atoms with van der Waals surface area (Å²) in [6, 6.07) is 11.5. The van der Waals surface area contributed by atoms with Crippen molar-refractivity contribution in [1.82, 2.24) is 10.3 Å². The van der Waals surface area contributed by atoms with Crippen LogP contribution in [0.25, 0.3) is 0 Å². The van der Waals surface area contributed by atoms with E-state index in [0.717, 1.165) is 0 Å². The molecule has 2 aromatic rings. The lowest BCUT2D eigenvalue weighted by atomic mass is 10.2. The van der Waals surface area contributed by atoms with Crippen molar-refractivity contribution in [2.45, 2.75) is 6.42 Å². The number of hydrogen-bond donors (Lipinski definition) is 2. The zero-order valence-electron chi connectivity index (χ0n) is 13.8. The van der Waals surface area contributed by atoms with Gasteiger partial charge in [0.1, 0.15) is 5.69 Å². The summed E-state index contributed by atoms with van der Waals surface area (Å²) in [6.07, 6.45) is 2.12. The fourth-order valence-electron chi connectivity index (χ4n) is 2.04. The van der Waals surface area contributed by atoms with Gasteiger partial charge in [-0.1, -0.05) is 0 Å². The minimum Gasteiger partial charge on any atom is -0.385 e. The van der Waals surface area contributed by atoms with Crippen molar-refractivity contribution < 1.29 is 14.3 Å². The molecule has 0 saturated carbocycles. The quantitative estimate of drug-likeness (QED) is 0.751. The standard InChI is InChI=1S/C18H18N4O3/c1-25-10-2-8-21-17(23)14-7-9-20-16(11-14)18(24)22-15-5-3-13(12-19)4-6-15/h3-7,9,11H,2,8,10H2,1H3,(H,21,23)(H,22,24). The number of hydrogen-bond acceptors (Lipinski definition) is 5. The van der Waals surface area contributed by atoms with Crippen LogP contribution in [-0.2, 0) is 4.74 Å². The molecule has 0 aliphatic heterocycles. The van der Waals surface area contributed by atoms with Crippen molar-refractivity contribution in [2.75, 3.05) is 25.6 Å². The number of nitriles is 1. The first-order valence-electron chi connectivity index (χ1n) is 7.68. The maximum absolute atomic E-state index is 12.3. The molecule has 0 saturated heterocycles. The van der Waals surface area contributed by atoms with E-state index >= 15 is 0 Å². The lowest BCUT2D eigenvalue weighted by molar-refractivity contribution is 0.0948. The Morgan fingerprint density at radius 1 is 1.20 bits per heavy atom. The van der Waals surface area contributed by atoms with Crippen molar-refractivity contribution in [3.63, 3.8) is 0 Å². The second-order valence-electron chi connectivity index (χ2n) is 5.18. The molecule has 25 heavy (non-hydrogen) atoms. The summed E-state index contributed by atoms with van der Waals surface area (Å²) < 4.78 is 4.92. The van der Waals surface area contributed by atoms with Crippen molar-refractivity contribution in [3.8, 4) is 6.07 Å². The van der Waals surface area contributed by atoms with Gasteiger partial charge >= 0.3 is 0 Å². The normalized spacial score (nSPS) is 9.92.